The van der Waals surface area contributed by atoms with E-state index in [1.165, 1.54) is 11.3 Å². The van der Waals surface area contributed by atoms with Crippen molar-refractivity contribution < 1.29 is 14.7 Å². The highest BCUT2D eigenvalue weighted by Crippen LogP contribution is 2.15. The van der Waals surface area contributed by atoms with E-state index < -0.39 is 5.97 Å². The molecule has 3 N–H and O–H groups in total. The number of nitrogens with zero attached hydrogens (tertiary/aromatic N) is 1. The van der Waals surface area contributed by atoms with Gasteiger partial charge in [0.2, 0.25) is 0 Å². The van der Waals surface area contributed by atoms with E-state index in [-0.39, 0.29) is 11.9 Å². The van der Waals surface area contributed by atoms with E-state index >= 15 is 0 Å². The van der Waals surface area contributed by atoms with Crippen LogP contribution in [0.5, 0.6) is 0 Å². The van der Waals surface area contributed by atoms with Gasteiger partial charge in [0.05, 0.1) is 5.92 Å². The number of thiazole rings is 1. The van der Waals surface area contributed by atoms with Crippen molar-refractivity contribution in [2.45, 2.75) is 26.7 Å². The van der Waals surface area contributed by atoms with Crippen molar-refractivity contribution in [2.75, 3.05) is 11.9 Å². The second kappa shape index (κ2) is 6.95. The van der Waals surface area contributed by atoms with Crippen LogP contribution in [0.15, 0.2) is 6.20 Å². The van der Waals surface area contributed by atoms with Gasteiger partial charge in [-0.15, -0.1) is 11.3 Å². The molecule has 0 spiro atoms. The average Bonchev–Trinajstić information content (AvgIpc) is 2.69. The number of carboxylic acids is 1. The van der Waals surface area contributed by atoms with Gasteiger partial charge in [-0.2, -0.15) is 0 Å². The summed E-state index contributed by atoms with van der Waals surface area (Å²) < 4.78 is 0. The summed E-state index contributed by atoms with van der Waals surface area (Å²) in [5.74, 6) is -1.19. The number of rotatable bonds is 6. The van der Waals surface area contributed by atoms with E-state index in [1.54, 1.807) is 13.1 Å². The Morgan fingerprint density at radius 2 is 2.28 bits per heavy atom. The molecule has 1 heterocycles. The zero-order valence-corrected chi connectivity index (χ0v) is 11.2. The van der Waals surface area contributed by atoms with Crippen molar-refractivity contribution in [2.24, 2.45) is 5.92 Å². The topological polar surface area (TPSA) is 91.3 Å². The van der Waals surface area contributed by atoms with Crippen LogP contribution in [-0.2, 0) is 4.79 Å². The van der Waals surface area contributed by atoms with Gasteiger partial charge >= 0.3 is 12.0 Å². The molecule has 0 radical (unpaired) electrons. The van der Waals surface area contributed by atoms with Gasteiger partial charge in [0.15, 0.2) is 5.13 Å². The van der Waals surface area contributed by atoms with Crippen LogP contribution in [0.25, 0.3) is 0 Å². The predicted molar refractivity (Wildman–Crippen MR) is 69.9 cm³/mol. The maximum Gasteiger partial charge on any atom is 0.321 e. The molecule has 1 rings (SSSR count). The number of carbonyl (C=O) groups excluding carboxylic acids is 1. The molecule has 2 amide bonds. The number of aromatic nitrogens is 1. The quantitative estimate of drug-likeness (QED) is 0.691. The molecular formula is C11H17N3O3S. The Balaban J connectivity index is 2.16. The molecule has 0 aliphatic rings. The third kappa shape index (κ3) is 5.13. The van der Waals surface area contributed by atoms with Crippen LogP contribution < -0.4 is 10.6 Å². The minimum absolute atomic E-state index is 0.313. The fourth-order valence-electron chi connectivity index (χ4n) is 1.29. The predicted octanol–water partition coefficient (Wildman–Crippen LogP) is 2.07. The summed E-state index contributed by atoms with van der Waals surface area (Å²) >= 11 is 1.40. The van der Waals surface area contributed by atoms with Crippen LogP contribution in [0.1, 0.15) is 24.6 Å². The number of hydrogen-bond acceptors (Lipinski definition) is 4. The van der Waals surface area contributed by atoms with Gasteiger partial charge in [-0.1, -0.05) is 6.92 Å². The summed E-state index contributed by atoms with van der Waals surface area (Å²) in [5, 5.41) is 14.5. The Hall–Kier alpha value is -1.63. The molecule has 0 aliphatic heterocycles. The van der Waals surface area contributed by atoms with Crippen LogP contribution in [0.3, 0.4) is 0 Å². The van der Waals surface area contributed by atoms with Crippen molar-refractivity contribution in [3.05, 3.63) is 11.1 Å². The lowest BCUT2D eigenvalue weighted by molar-refractivity contribution is -0.141. The van der Waals surface area contributed by atoms with Crippen LogP contribution >= 0.6 is 11.3 Å². The molecule has 0 saturated carbocycles. The van der Waals surface area contributed by atoms with Gasteiger partial charge in [0.25, 0.3) is 0 Å². The van der Waals surface area contributed by atoms with Gasteiger partial charge in [0.1, 0.15) is 0 Å². The lowest BCUT2D eigenvalue weighted by Crippen LogP contribution is -2.29. The summed E-state index contributed by atoms with van der Waals surface area (Å²) in [6.45, 7) is 4.02. The van der Waals surface area contributed by atoms with E-state index in [1.807, 2.05) is 6.92 Å². The number of carbonyl (C=O) groups is 2. The molecule has 0 bridgehead atoms. The van der Waals surface area contributed by atoms with E-state index in [2.05, 4.69) is 15.6 Å². The number of nitrogens with one attached hydrogen (secondary N) is 2. The molecule has 18 heavy (non-hydrogen) atoms. The highest BCUT2D eigenvalue weighted by Gasteiger charge is 2.10. The van der Waals surface area contributed by atoms with Gasteiger partial charge in [-0.3, -0.25) is 10.1 Å². The molecule has 1 unspecified atom stereocenters. The lowest BCUT2D eigenvalue weighted by atomic mass is 10.1. The molecule has 6 nitrogen and oxygen atoms in total. The third-order valence-electron chi connectivity index (χ3n) is 2.36. The maximum absolute atomic E-state index is 11.4. The second-order valence-electron chi connectivity index (χ2n) is 4.04. The van der Waals surface area contributed by atoms with E-state index in [0.29, 0.717) is 24.5 Å². The monoisotopic (exact) mass is 271 g/mol. The summed E-state index contributed by atoms with van der Waals surface area (Å²) in [6.07, 6.45) is 2.87. The number of aliphatic carboxylic acids is 1. The van der Waals surface area contributed by atoms with E-state index in [0.717, 1.165) is 4.88 Å². The Morgan fingerprint density at radius 1 is 1.56 bits per heavy atom. The first kappa shape index (κ1) is 14.4. The summed E-state index contributed by atoms with van der Waals surface area (Å²) in [5.41, 5.74) is 0. The fraction of sp³-hybridized carbons (Fsp3) is 0.545. The summed E-state index contributed by atoms with van der Waals surface area (Å²) in [7, 11) is 0. The average molecular weight is 271 g/mol. The van der Waals surface area contributed by atoms with Gasteiger partial charge < -0.3 is 10.4 Å². The van der Waals surface area contributed by atoms with E-state index in [9.17, 15) is 9.59 Å². The Bertz CT molecular complexity index is 419. The molecule has 1 atom stereocenters. The number of amides is 2. The van der Waals surface area contributed by atoms with Crippen molar-refractivity contribution in [1.82, 2.24) is 10.3 Å². The first-order chi connectivity index (χ1) is 8.49. The Morgan fingerprint density at radius 3 is 2.83 bits per heavy atom. The first-order valence-corrected chi connectivity index (χ1v) is 6.50. The zero-order valence-electron chi connectivity index (χ0n) is 10.4. The Labute approximate surface area is 109 Å². The lowest BCUT2D eigenvalue weighted by Gasteiger charge is -2.07. The first-order valence-electron chi connectivity index (χ1n) is 5.69. The fourth-order valence-corrected chi connectivity index (χ4v) is 1.95. The van der Waals surface area contributed by atoms with Crippen molar-refractivity contribution >= 4 is 28.5 Å². The third-order valence-corrected chi connectivity index (χ3v) is 3.19. The largest absolute Gasteiger partial charge is 0.481 e. The van der Waals surface area contributed by atoms with Crippen molar-refractivity contribution in [3.63, 3.8) is 0 Å². The zero-order chi connectivity index (χ0) is 13.5. The van der Waals surface area contributed by atoms with Gasteiger partial charge in [-0.25, -0.2) is 9.78 Å². The molecule has 0 saturated heterocycles. The molecular weight excluding hydrogens is 254 g/mol. The molecule has 100 valence electrons. The molecule has 0 aromatic carbocycles. The standard InChI is InChI=1S/C11H17N3O3S/c1-7(9(15)16)4-3-5-12-10(17)14-11-13-6-8(2)18-11/h6-7H,3-5H2,1-2H3,(H,15,16)(H2,12,13,14,17). The normalized spacial score (nSPS) is 11.9. The van der Waals surface area contributed by atoms with Gasteiger partial charge in [0, 0.05) is 17.6 Å². The van der Waals surface area contributed by atoms with E-state index in [4.69, 9.17) is 5.11 Å². The van der Waals surface area contributed by atoms with Crippen molar-refractivity contribution in [3.8, 4) is 0 Å². The summed E-state index contributed by atoms with van der Waals surface area (Å²) in [6, 6.07) is -0.313. The smallest absolute Gasteiger partial charge is 0.321 e. The number of urea groups is 1. The number of hydrogen-bond donors (Lipinski definition) is 3. The van der Waals surface area contributed by atoms with Crippen LogP contribution in [-0.4, -0.2) is 28.6 Å². The minimum Gasteiger partial charge on any atom is -0.481 e. The number of carboxylic acid groups (broad SMARTS) is 1. The van der Waals surface area contributed by atoms with Crippen LogP contribution in [0.4, 0.5) is 9.93 Å². The number of aryl methyl sites for hydroxylation is 1. The summed E-state index contributed by atoms with van der Waals surface area (Å²) in [4.78, 5) is 27.0. The SMILES string of the molecule is Cc1cnc(NC(=O)NCCCC(C)C(=O)O)s1. The van der Waals surface area contributed by atoms with Crippen molar-refractivity contribution in [1.29, 1.82) is 0 Å². The highest BCUT2D eigenvalue weighted by atomic mass is 32.1. The highest BCUT2D eigenvalue weighted by molar-refractivity contribution is 7.15. The van der Waals surface area contributed by atoms with Crippen LogP contribution in [0, 0.1) is 12.8 Å². The van der Waals surface area contributed by atoms with Gasteiger partial charge in [-0.05, 0) is 19.8 Å². The molecule has 1 aromatic rings. The number of anilines is 1. The second-order valence-corrected chi connectivity index (χ2v) is 5.27. The molecule has 0 aliphatic carbocycles. The Kier molecular flexibility index (Phi) is 5.57. The molecule has 1 aromatic heterocycles. The maximum atomic E-state index is 11.4. The molecule has 0 fully saturated rings. The van der Waals surface area contributed by atoms with Crippen LogP contribution in [0.2, 0.25) is 0 Å². The minimum atomic E-state index is -0.808. The molecule has 7 heteroatoms.